The number of hydrogen-bond donors (Lipinski definition) is 4. The standard InChI is InChI=1S/4C5H11NS2.Mo/c4*1-3-6(4-2)5(7)8;/h4*3-4H2,1-2H3,(H,7,8);. The molecule has 0 aromatic heterocycles. The van der Waals surface area contributed by atoms with E-state index >= 15 is 0 Å². The minimum absolute atomic E-state index is 0. The van der Waals surface area contributed by atoms with Crippen molar-refractivity contribution in [3.05, 3.63) is 0 Å². The van der Waals surface area contributed by atoms with E-state index in [4.69, 9.17) is 48.9 Å². The van der Waals surface area contributed by atoms with E-state index in [2.05, 4.69) is 106 Å². The van der Waals surface area contributed by atoms with Gasteiger partial charge in [0.2, 0.25) is 0 Å². The van der Waals surface area contributed by atoms with E-state index in [0.717, 1.165) is 52.4 Å². The van der Waals surface area contributed by atoms with Crippen molar-refractivity contribution in [3.63, 3.8) is 0 Å². The zero-order chi connectivity index (χ0) is 26.3. The summed E-state index contributed by atoms with van der Waals surface area (Å²) >= 11 is 35.3. The summed E-state index contributed by atoms with van der Waals surface area (Å²) in [5.74, 6) is 0. The maximum absolute atomic E-state index is 4.81. The van der Waals surface area contributed by atoms with Crippen molar-refractivity contribution in [1.29, 1.82) is 0 Å². The molecule has 0 rings (SSSR count). The molecule has 0 bridgehead atoms. The fourth-order valence-electron chi connectivity index (χ4n) is 1.98. The van der Waals surface area contributed by atoms with Crippen molar-refractivity contribution in [2.75, 3.05) is 52.4 Å². The maximum Gasteiger partial charge on any atom is 0.133 e. The average molecular weight is 693 g/mol. The number of hydrogen-bond acceptors (Lipinski definition) is 4. The van der Waals surface area contributed by atoms with Crippen LogP contribution in [0.4, 0.5) is 0 Å². The van der Waals surface area contributed by atoms with E-state index in [0.29, 0.717) is 17.3 Å². The van der Waals surface area contributed by atoms with Crippen molar-refractivity contribution in [3.8, 4) is 0 Å². The summed E-state index contributed by atoms with van der Waals surface area (Å²) in [5, 5.41) is 0. The van der Waals surface area contributed by atoms with Crippen LogP contribution in [0.25, 0.3) is 0 Å². The Morgan fingerprint density at radius 3 is 0.485 bits per heavy atom. The van der Waals surface area contributed by atoms with Gasteiger partial charge in [0.05, 0.1) is 0 Å². The van der Waals surface area contributed by atoms with Gasteiger partial charge in [-0.1, -0.05) is 48.9 Å². The summed E-state index contributed by atoms with van der Waals surface area (Å²) in [4.78, 5) is 8.05. The van der Waals surface area contributed by atoms with Gasteiger partial charge in [0.25, 0.3) is 0 Å². The fourth-order valence-corrected chi connectivity index (χ4v) is 4.14. The van der Waals surface area contributed by atoms with E-state index in [1.54, 1.807) is 0 Å². The fraction of sp³-hybridized carbons (Fsp3) is 0.800. The monoisotopic (exact) mass is 694 g/mol. The van der Waals surface area contributed by atoms with Crippen LogP contribution in [0.1, 0.15) is 55.4 Å². The zero-order valence-electron chi connectivity index (χ0n) is 21.3. The summed E-state index contributed by atoms with van der Waals surface area (Å²) in [5.41, 5.74) is 0. The van der Waals surface area contributed by atoms with Crippen LogP contribution in [0.5, 0.6) is 0 Å². The molecule has 0 aliphatic rings. The molecular weight excluding hydrogens is 649 g/mol. The first-order valence-corrected chi connectivity index (χ1v) is 14.2. The Hall–Kier alpha value is 1.65. The molecular formula is C20H44MoN4S8. The molecule has 0 atom stereocenters. The number of thiocarbonyl (C=S) groups is 4. The van der Waals surface area contributed by atoms with Crippen LogP contribution in [-0.4, -0.2) is 89.2 Å². The molecule has 0 spiro atoms. The quantitative estimate of drug-likeness (QED) is 0.135. The Bertz CT molecular complexity index is 408. The van der Waals surface area contributed by atoms with Crippen molar-refractivity contribution < 1.29 is 21.1 Å². The zero-order valence-corrected chi connectivity index (χ0v) is 30.1. The molecule has 0 saturated heterocycles. The number of nitrogens with zero attached hydrogens (tertiary/aromatic N) is 4. The van der Waals surface area contributed by atoms with Crippen molar-refractivity contribution >= 4 is 117 Å². The predicted octanol–water partition coefficient (Wildman–Crippen LogP) is 6.17. The smallest absolute Gasteiger partial charge is 0.133 e. The van der Waals surface area contributed by atoms with Gasteiger partial charge in [0.1, 0.15) is 17.3 Å². The third-order valence-electron chi connectivity index (χ3n) is 4.14. The van der Waals surface area contributed by atoms with E-state index in [-0.39, 0.29) is 21.1 Å². The predicted molar refractivity (Wildman–Crippen MR) is 178 cm³/mol. The second-order valence-corrected chi connectivity index (χ2v) is 10.3. The Morgan fingerprint density at radius 1 is 0.394 bits per heavy atom. The molecule has 4 nitrogen and oxygen atoms in total. The van der Waals surface area contributed by atoms with Gasteiger partial charge in [-0.15, -0.1) is 50.5 Å². The van der Waals surface area contributed by atoms with Gasteiger partial charge < -0.3 is 19.6 Å². The second-order valence-electron chi connectivity index (χ2n) is 5.82. The van der Waals surface area contributed by atoms with Crippen LogP contribution in [0.3, 0.4) is 0 Å². The summed E-state index contributed by atoms with van der Waals surface area (Å²) in [6.07, 6.45) is 0. The number of rotatable bonds is 8. The second kappa shape index (κ2) is 31.7. The molecule has 0 radical (unpaired) electrons. The SMILES string of the molecule is CCN(CC)C(=S)S.CCN(CC)C(=S)S.CCN(CC)C(=S)S.CCN(CC)C(=S)S.[Mo]. The topological polar surface area (TPSA) is 13.0 Å². The first-order valence-electron chi connectivity index (χ1n) is 10.8. The van der Waals surface area contributed by atoms with E-state index in [1.165, 1.54) is 0 Å². The third-order valence-corrected chi connectivity index (χ3v) is 6.30. The van der Waals surface area contributed by atoms with Gasteiger partial charge in [-0.2, -0.15) is 0 Å². The van der Waals surface area contributed by atoms with Crippen LogP contribution in [0.2, 0.25) is 0 Å². The summed E-state index contributed by atoms with van der Waals surface area (Å²) in [6, 6.07) is 0. The first-order chi connectivity index (χ1) is 14.9. The average Bonchev–Trinajstić information content (AvgIpc) is 2.72. The van der Waals surface area contributed by atoms with Crippen LogP contribution < -0.4 is 0 Å². The molecule has 0 N–H and O–H groups in total. The number of thiol groups is 4. The normalized spacial score (nSPS) is 8.61. The van der Waals surface area contributed by atoms with Gasteiger partial charge >= 0.3 is 0 Å². The molecule has 0 unspecified atom stereocenters. The summed E-state index contributed by atoms with van der Waals surface area (Å²) in [7, 11) is 0. The van der Waals surface area contributed by atoms with Crippen molar-refractivity contribution in [2.24, 2.45) is 0 Å². The van der Waals surface area contributed by atoms with Crippen molar-refractivity contribution in [2.45, 2.75) is 55.4 Å². The minimum Gasteiger partial charge on any atom is -0.358 e. The van der Waals surface area contributed by atoms with E-state index in [1.807, 2.05) is 19.6 Å². The molecule has 13 heteroatoms. The Labute approximate surface area is 262 Å². The molecule has 0 amide bonds. The molecule has 0 aliphatic heterocycles. The molecule has 0 aromatic rings. The first kappa shape index (κ1) is 44.6. The molecule has 0 aliphatic carbocycles. The Morgan fingerprint density at radius 2 is 0.485 bits per heavy atom. The van der Waals surface area contributed by atoms with E-state index < -0.39 is 0 Å². The molecule has 198 valence electrons. The minimum atomic E-state index is 0. The van der Waals surface area contributed by atoms with Crippen LogP contribution >= 0.6 is 99.4 Å². The third kappa shape index (κ3) is 29.8. The van der Waals surface area contributed by atoms with Crippen LogP contribution in [0.15, 0.2) is 0 Å². The van der Waals surface area contributed by atoms with Gasteiger partial charge in [-0.25, -0.2) is 0 Å². The molecule has 33 heavy (non-hydrogen) atoms. The molecule has 0 fully saturated rings. The molecule has 0 saturated carbocycles. The van der Waals surface area contributed by atoms with Crippen molar-refractivity contribution in [1.82, 2.24) is 19.6 Å². The summed E-state index contributed by atoms with van der Waals surface area (Å²) < 4.78 is 2.76. The van der Waals surface area contributed by atoms with Crippen LogP contribution in [-0.2, 0) is 21.1 Å². The van der Waals surface area contributed by atoms with E-state index in [9.17, 15) is 0 Å². The molecule has 0 heterocycles. The Balaban J connectivity index is -0.000000105. The van der Waals surface area contributed by atoms with Gasteiger partial charge in [-0.3, -0.25) is 0 Å². The van der Waals surface area contributed by atoms with Gasteiger partial charge in [0, 0.05) is 73.4 Å². The summed E-state index contributed by atoms with van der Waals surface area (Å²) in [6.45, 7) is 24.1. The van der Waals surface area contributed by atoms with Crippen LogP contribution in [0, 0.1) is 0 Å². The Kier molecular flexibility index (Phi) is 42.8. The largest absolute Gasteiger partial charge is 0.358 e. The maximum atomic E-state index is 4.81. The van der Waals surface area contributed by atoms with Gasteiger partial charge in [-0.05, 0) is 55.4 Å². The molecule has 0 aromatic carbocycles. The van der Waals surface area contributed by atoms with Gasteiger partial charge in [0.15, 0.2) is 0 Å².